The molecule has 1 unspecified atom stereocenters. The molecule has 8 nitrogen and oxygen atoms in total. The number of carbonyl (C=O) groups is 3. The number of amides is 2. The van der Waals surface area contributed by atoms with Crippen LogP contribution in [-0.2, 0) is 9.53 Å². The van der Waals surface area contributed by atoms with Gasteiger partial charge in [0.2, 0.25) is 5.91 Å². The van der Waals surface area contributed by atoms with E-state index in [1.807, 2.05) is 36.4 Å². The third-order valence-electron chi connectivity index (χ3n) is 5.53. The van der Waals surface area contributed by atoms with Crippen molar-refractivity contribution in [3.63, 3.8) is 0 Å². The lowest BCUT2D eigenvalue weighted by atomic mass is 9.98. The van der Waals surface area contributed by atoms with Gasteiger partial charge in [-0.15, -0.1) is 0 Å². The first kappa shape index (κ1) is 22.5. The van der Waals surface area contributed by atoms with Gasteiger partial charge < -0.3 is 20.5 Å². The average molecular weight is 466 g/mol. The van der Waals surface area contributed by atoms with E-state index in [2.05, 4.69) is 27.1 Å². The molecule has 0 saturated heterocycles. The van der Waals surface area contributed by atoms with Crippen molar-refractivity contribution < 1.29 is 24.2 Å². The van der Waals surface area contributed by atoms with Gasteiger partial charge in [-0.05, 0) is 47.6 Å². The molecule has 1 atom stereocenters. The van der Waals surface area contributed by atoms with Crippen LogP contribution in [0.4, 0.5) is 9.80 Å². The monoisotopic (exact) mass is 465 g/mol. The number of carboxylic acids is 1. The molecule has 4 rings (SSSR count). The molecule has 0 bridgehead atoms. The lowest BCUT2D eigenvalue weighted by molar-refractivity contribution is -0.116. The van der Waals surface area contributed by atoms with Gasteiger partial charge >= 0.3 is 12.1 Å². The minimum absolute atomic E-state index is 0.0227. The number of alkyl carbamates (subject to hydrolysis) is 1. The number of fused-ring (bicyclic) bond motifs is 3. The summed E-state index contributed by atoms with van der Waals surface area (Å²) in [5.74, 6) is -1.63. The Hall–Kier alpha value is -3.72. The van der Waals surface area contributed by atoms with E-state index in [9.17, 15) is 19.5 Å². The van der Waals surface area contributed by atoms with Crippen molar-refractivity contribution in [2.75, 3.05) is 11.9 Å². The summed E-state index contributed by atoms with van der Waals surface area (Å²) in [6.07, 6.45) is -0.655. The number of benzene rings is 2. The van der Waals surface area contributed by atoms with Crippen molar-refractivity contribution >= 4 is 34.5 Å². The number of aromatic nitrogens is 1. The van der Waals surface area contributed by atoms with E-state index in [1.165, 1.54) is 0 Å². The van der Waals surface area contributed by atoms with Gasteiger partial charge in [-0.1, -0.05) is 48.5 Å². The van der Waals surface area contributed by atoms with Crippen molar-refractivity contribution in [2.24, 2.45) is 0 Å². The highest BCUT2D eigenvalue weighted by atomic mass is 32.1. The van der Waals surface area contributed by atoms with Crippen molar-refractivity contribution in [2.45, 2.75) is 32.2 Å². The summed E-state index contributed by atoms with van der Waals surface area (Å²) in [6, 6.07) is 15.6. The fourth-order valence-electron chi connectivity index (χ4n) is 4.05. The van der Waals surface area contributed by atoms with Gasteiger partial charge in [0.1, 0.15) is 17.2 Å². The zero-order chi connectivity index (χ0) is 23.5. The first-order chi connectivity index (χ1) is 15.8. The molecule has 0 fully saturated rings. The second kappa shape index (κ2) is 9.41. The Balaban J connectivity index is 1.32. The number of aromatic carboxylic acids is 1. The Morgan fingerprint density at radius 3 is 2.30 bits per heavy atom. The molecule has 0 saturated carbocycles. The number of aryl methyl sites for hydroxylation is 1. The minimum atomic E-state index is -1.15. The number of nitrogens with zero attached hydrogens (tertiary/aromatic N) is 1. The number of ether oxygens (including phenoxy) is 1. The van der Waals surface area contributed by atoms with Crippen LogP contribution in [0.15, 0.2) is 48.5 Å². The molecule has 1 aliphatic rings. The van der Waals surface area contributed by atoms with E-state index in [0.717, 1.165) is 33.8 Å². The fourth-order valence-corrected chi connectivity index (χ4v) is 4.86. The predicted octanol–water partition coefficient (Wildman–Crippen LogP) is 4.41. The first-order valence-electron chi connectivity index (χ1n) is 10.5. The van der Waals surface area contributed by atoms with Crippen LogP contribution >= 0.6 is 11.5 Å². The molecule has 1 aliphatic carbocycles. The van der Waals surface area contributed by atoms with E-state index >= 15 is 0 Å². The Morgan fingerprint density at radius 2 is 1.70 bits per heavy atom. The zero-order valence-corrected chi connectivity index (χ0v) is 18.9. The summed E-state index contributed by atoms with van der Waals surface area (Å²) in [7, 11) is 0. The van der Waals surface area contributed by atoms with Crippen LogP contribution in [0.25, 0.3) is 11.1 Å². The van der Waals surface area contributed by atoms with E-state index < -0.39 is 24.0 Å². The molecule has 170 valence electrons. The molecule has 33 heavy (non-hydrogen) atoms. The summed E-state index contributed by atoms with van der Waals surface area (Å²) < 4.78 is 9.47. The molecule has 2 aromatic carbocycles. The van der Waals surface area contributed by atoms with E-state index in [-0.39, 0.29) is 29.5 Å². The van der Waals surface area contributed by atoms with Crippen molar-refractivity contribution in [1.82, 2.24) is 9.69 Å². The Bertz CT molecular complexity index is 1180. The maximum absolute atomic E-state index is 12.4. The molecule has 3 N–H and O–H groups in total. The normalized spacial score (nSPS) is 13.0. The van der Waals surface area contributed by atoms with Crippen LogP contribution in [0.3, 0.4) is 0 Å². The third-order valence-corrected chi connectivity index (χ3v) is 6.38. The highest BCUT2D eigenvalue weighted by molar-refractivity contribution is 7.11. The van der Waals surface area contributed by atoms with Crippen molar-refractivity contribution in [3.05, 3.63) is 70.9 Å². The van der Waals surface area contributed by atoms with Gasteiger partial charge in [-0.25, -0.2) is 9.59 Å². The van der Waals surface area contributed by atoms with Crippen LogP contribution in [0, 0.1) is 6.92 Å². The van der Waals surface area contributed by atoms with Gasteiger partial charge in [-0.2, -0.15) is 4.37 Å². The number of anilines is 1. The van der Waals surface area contributed by atoms with Crippen molar-refractivity contribution in [1.29, 1.82) is 0 Å². The molecule has 0 radical (unpaired) electrons. The van der Waals surface area contributed by atoms with E-state index in [4.69, 9.17) is 4.74 Å². The largest absolute Gasteiger partial charge is 0.478 e. The van der Waals surface area contributed by atoms with Crippen LogP contribution in [0.5, 0.6) is 0 Å². The molecule has 9 heteroatoms. The van der Waals surface area contributed by atoms with Crippen molar-refractivity contribution in [3.8, 4) is 11.1 Å². The average Bonchev–Trinajstić information content (AvgIpc) is 3.29. The van der Waals surface area contributed by atoms with E-state index in [0.29, 0.717) is 5.69 Å². The number of hydrogen-bond donors (Lipinski definition) is 3. The second-order valence-electron chi connectivity index (χ2n) is 7.90. The predicted molar refractivity (Wildman–Crippen MR) is 125 cm³/mol. The minimum Gasteiger partial charge on any atom is -0.478 e. The highest BCUT2D eigenvalue weighted by Gasteiger charge is 2.29. The maximum atomic E-state index is 12.4. The van der Waals surface area contributed by atoms with Gasteiger partial charge in [0.15, 0.2) is 0 Å². The molecular formula is C24H23N3O5S. The number of nitrogens with one attached hydrogen (secondary N) is 2. The molecular weight excluding hydrogens is 442 g/mol. The van der Waals surface area contributed by atoms with Gasteiger partial charge in [0.25, 0.3) is 0 Å². The lowest BCUT2D eigenvalue weighted by Crippen LogP contribution is -2.36. The molecule has 0 spiro atoms. The number of hydrogen-bond acceptors (Lipinski definition) is 6. The van der Waals surface area contributed by atoms with Gasteiger partial charge in [0.05, 0.1) is 5.69 Å². The first-order valence-corrected chi connectivity index (χ1v) is 11.2. The quantitative estimate of drug-likeness (QED) is 0.476. The summed E-state index contributed by atoms with van der Waals surface area (Å²) >= 11 is 0.910. The Labute approximate surface area is 194 Å². The number of carboxylic acid groups (broad SMARTS) is 1. The molecule has 1 aromatic heterocycles. The molecule has 0 aliphatic heterocycles. The van der Waals surface area contributed by atoms with Gasteiger partial charge in [0, 0.05) is 18.4 Å². The summed E-state index contributed by atoms with van der Waals surface area (Å²) in [6.45, 7) is 3.43. The zero-order valence-electron chi connectivity index (χ0n) is 18.1. The maximum Gasteiger partial charge on any atom is 0.407 e. The Morgan fingerprint density at radius 1 is 1.09 bits per heavy atom. The summed E-state index contributed by atoms with van der Waals surface area (Å²) in [5.41, 5.74) is 4.84. The topological polar surface area (TPSA) is 118 Å². The van der Waals surface area contributed by atoms with Crippen LogP contribution in [0.1, 0.15) is 46.4 Å². The highest BCUT2D eigenvalue weighted by Crippen LogP contribution is 2.44. The SMILES string of the molecule is Cc1nsc(NC(=O)CC(C)NC(=O)OCC2c3ccccc3-c3ccccc32)c1C(=O)O. The standard InChI is InChI=1S/C24H23N3O5S/c1-13(11-20(28)26-22-21(23(29)30)14(2)27-33-22)25-24(31)32-12-19-17-9-5-3-7-15(17)16-8-4-6-10-18(16)19/h3-10,13,19H,11-12H2,1-2H3,(H,25,31)(H,26,28)(H,29,30). The fraction of sp³-hybridized carbons (Fsp3) is 0.250. The van der Waals surface area contributed by atoms with Crippen LogP contribution in [-0.4, -0.2) is 40.1 Å². The summed E-state index contributed by atoms with van der Waals surface area (Å²) in [4.78, 5) is 36.0. The Kier molecular flexibility index (Phi) is 6.41. The molecule has 2 amide bonds. The third kappa shape index (κ3) is 4.73. The van der Waals surface area contributed by atoms with E-state index in [1.54, 1.807) is 13.8 Å². The molecule has 3 aromatic rings. The van der Waals surface area contributed by atoms with Crippen LogP contribution < -0.4 is 10.6 Å². The van der Waals surface area contributed by atoms with Crippen LogP contribution in [0.2, 0.25) is 0 Å². The lowest BCUT2D eigenvalue weighted by Gasteiger charge is -2.17. The molecule has 1 heterocycles. The second-order valence-corrected chi connectivity index (χ2v) is 8.67. The number of carbonyl (C=O) groups excluding carboxylic acids is 2. The summed E-state index contributed by atoms with van der Waals surface area (Å²) in [5, 5.41) is 14.7. The van der Waals surface area contributed by atoms with Gasteiger partial charge in [-0.3, -0.25) is 4.79 Å². The number of rotatable bonds is 7. The smallest absolute Gasteiger partial charge is 0.407 e.